The Morgan fingerprint density at radius 2 is 0.721 bits per heavy atom. The molecule has 3 heteroatoms. The van der Waals surface area contributed by atoms with Gasteiger partial charge in [0.1, 0.15) is 0 Å². The lowest BCUT2D eigenvalue weighted by Gasteiger charge is -2.38. The van der Waals surface area contributed by atoms with Gasteiger partial charge in [-0.2, -0.15) is 0 Å². The third-order valence-electron chi connectivity index (χ3n) is 15.2. The molecule has 0 atom stereocenters. The van der Waals surface area contributed by atoms with Crippen molar-refractivity contribution in [1.82, 2.24) is 0 Å². The highest BCUT2D eigenvalue weighted by atomic mass is 15.2. The molecule has 0 aromatic heterocycles. The Kier molecular flexibility index (Phi) is 9.05. The first-order valence-corrected chi connectivity index (χ1v) is 24.4. The molecule has 11 aromatic rings. The molecule has 0 bridgehead atoms. The van der Waals surface area contributed by atoms with Crippen LogP contribution >= 0.6 is 0 Å². The standard InChI is InChI=1S/C65H49N3/c1-3-19-47-37-51(31-29-43(47)15-1)64-54-34-33-53(68-60-27-11-7-21-49(60)39-50-22-8-12-28-61(50)68)40-55(54)65(52-32-30-44-16-2-4-20-48(44)38-52)57-42-63(67-36-14-24-46-18-6-10-26-59(46)67)62(41-56(57)64)66-35-13-23-45-17-5-9-25-58(45)66/h1-12,15-22,25-34,37-38,40-42H,13-14,23-24,35-36,39H2. The average molecular weight is 872 g/mol. The molecule has 3 aliphatic heterocycles. The van der Waals surface area contributed by atoms with E-state index < -0.39 is 0 Å². The lowest BCUT2D eigenvalue weighted by Crippen LogP contribution is -2.29. The molecule has 0 saturated carbocycles. The predicted octanol–water partition coefficient (Wildman–Crippen LogP) is 17.2. The van der Waals surface area contributed by atoms with E-state index >= 15 is 0 Å². The summed E-state index contributed by atoms with van der Waals surface area (Å²) in [5, 5.41) is 10.0. The van der Waals surface area contributed by atoms with Gasteiger partial charge >= 0.3 is 0 Å². The molecule has 324 valence electrons. The van der Waals surface area contributed by atoms with E-state index in [2.05, 4.69) is 227 Å². The summed E-state index contributed by atoms with van der Waals surface area (Å²) in [4.78, 5) is 7.79. The number of nitrogens with zero attached hydrogens (tertiary/aromatic N) is 3. The lowest BCUT2D eigenvalue weighted by atomic mass is 9.83. The minimum absolute atomic E-state index is 0.918. The monoisotopic (exact) mass is 871 g/mol. The van der Waals surface area contributed by atoms with E-state index in [0.717, 1.165) is 50.9 Å². The molecule has 11 aromatic carbocycles. The van der Waals surface area contributed by atoms with Crippen molar-refractivity contribution in [2.45, 2.75) is 32.1 Å². The van der Waals surface area contributed by atoms with Crippen molar-refractivity contribution >= 4 is 82.9 Å². The Labute approximate surface area is 397 Å². The molecule has 3 nitrogen and oxygen atoms in total. The maximum absolute atomic E-state index is 2.65. The van der Waals surface area contributed by atoms with Crippen molar-refractivity contribution in [1.29, 1.82) is 0 Å². The topological polar surface area (TPSA) is 9.72 Å². The first kappa shape index (κ1) is 39.1. The van der Waals surface area contributed by atoms with Crippen molar-refractivity contribution in [2.75, 3.05) is 27.8 Å². The normalized spacial score (nSPS) is 14.3. The quantitative estimate of drug-likeness (QED) is 0.160. The van der Waals surface area contributed by atoms with E-state index in [-0.39, 0.29) is 0 Å². The van der Waals surface area contributed by atoms with Crippen LogP contribution in [0.5, 0.6) is 0 Å². The van der Waals surface area contributed by atoms with Crippen molar-refractivity contribution in [3.63, 3.8) is 0 Å². The van der Waals surface area contributed by atoms with Crippen LogP contribution in [0.2, 0.25) is 0 Å². The van der Waals surface area contributed by atoms with Gasteiger partial charge in [0, 0.05) is 47.9 Å². The molecular weight excluding hydrogens is 823 g/mol. The summed E-state index contributed by atoms with van der Waals surface area (Å²) in [7, 11) is 0. The van der Waals surface area contributed by atoms with Gasteiger partial charge in [0.25, 0.3) is 0 Å². The number of fused-ring (bicyclic) bond motifs is 8. The minimum Gasteiger partial charge on any atom is -0.340 e. The molecule has 14 rings (SSSR count). The average Bonchev–Trinajstić information content (AvgIpc) is 3.40. The Balaban J connectivity index is 1.15. The number of rotatable bonds is 5. The van der Waals surface area contributed by atoms with Gasteiger partial charge in [-0.3, -0.25) is 0 Å². The Hall–Kier alpha value is -8.14. The van der Waals surface area contributed by atoms with Crippen LogP contribution in [-0.2, 0) is 19.3 Å². The highest BCUT2D eigenvalue weighted by molar-refractivity contribution is 6.24. The number of aryl methyl sites for hydroxylation is 2. The Morgan fingerprint density at radius 3 is 1.25 bits per heavy atom. The Bertz CT molecular complexity index is 3780. The summed E-state index contributed by atoms with van der Waals surface area (Å²) < 4.78 is 0. The molecule has 0 aliphatic carbocycles. The molecule has 68 heavy (non-hydrogen) atoms. The number of para-hydroxylation sites is 4. The van der Waals surface area contributed by atoms with Gasteiger partial charge in [0.2, 0.25) is 0 Å². The van der Waals surface area contributed by atoms with Crippen LogP contribution in [0.3, 0.4) is 0 Å². The Morgan fingerprint density at radius 1 is 0.294 bits per heavy atom. The smallest absolute Gasteiger partial charge is 0.0658 e. The van der Waals surface area contributed by atoms with Crippen molar-refractivity contribution < 1.29 is 0 Å². The molecule has 3 heterocycles. The summed E-state index contributed by atoms with van der Waals surface area (Å²) in [6.45, 7) is 1.92. The van der Waals surface area contributed by atoms with E-state index in [9.17, 15) is 0 Å². The fraction of sp³-hybridized carbons (Fsp3) is 0.108. The van der Waals surface area contributed by atoms with E-state index in [1.807, 2.05) is 0 Å². The molecule has 0 fully saturated rings. The van der Waals surface area contributed by atoms with Gasteiger partial charge in [0.15, 0.2) is 0 Å². The zero-order chi connectivity index (χ0) is 44.7. The second kappa shape index (κ2) is 15.7. The van der Waals surface area contributed by atoms with Gasteiger partial charge < -0.3 is 14.7 Å². The van der Waals surface area contributed by atoms with Gasteiger partial charge in [-0.1, -0.05) is 152 Å². The van der Waals surface area contributed by atoms with E-state index in [4.69, 9.17) is 0 Å². The van der Waals surface area contributed by atoms with Crippen LogP contribution in [0.4, 0.5) is 39.8 Å². The first-order valence-electron chi connectivity index (χ1n) is 24.4. The highest BCUT2D eigenvalue weighted by Crippen LogP contribution is 2.53. The lowest BCUT2D eigenvalue weighted by molar-refractivity contribution is 0.753. The summed E-state index contributed by atoms with van der Waals surface area (Å²) in [6.07, 6.45) is 5.31. The van der Waals surface area contributed by atoms with Crippen LogP contribution in [0, 0.1) is 0 Å². The summed E-state index contributed by atoms with van der Waals surface area (Å²) in [5.41, 5.74) is 19.3. The number of hydrogen-bond donors (Lipinski definition) is 0. The van der Waals surface area contributed by atoms with Crippen LogP contribution in [0.1, 0.15) is 35.1 Å². The van der Waals surface area contributed by atoms with Gasteiger partial charge in [0.05, 0.1) is 11.4 Å². The summed E-state index contributed by atoms with van der Waals surface area (Å²) >= 11 is 0. The number of hydrogen-bond acceptors (Lipinski definition) is 3. The second-order valence-corrected chi connectivity index (χ2v) is 19.0. The predicted molar refractivity (Wildman–Crippen MR) is 288 cm³/mol. The highest BCUT2D eigenvalue weighted by Gasteiger charge is 2.30. The SMILES string of the molecule is c1ccc2c(c1)CCCN2c1cc2c(-c3ccc4ccccc4c3)c3ccc(N4c5ccccc5Cc5ccccc54)cc3c(-c3ccc4ccccc4c3)c2cc1N1CCCc2ccccc21. The van der Waals surface area contributed by atoms with Gasteiger partial charge in [-0.15, -0.1) is 0 Å². The fourth-order valence-electron chi connectivity index (χ4n) is 12.1. The summed E-state index contributed by atoms with van der Waals surface area (Å²) in [6, 6.07) is 80.5. The fourth-order valence-corrected chi connectivity index (χ4v) is 12.1. The molecule has 0 unspecified atom stereocenters. The van der Waals surface area contributed by atoms with Crippen molar-refractivity contribution in [3.8, 4) is 22.3 Å². The van der Waals surface area contributed by atoms with Gasteiger partial charge in [-0.05, 0) is 174 Å². The molecule has 0 radical (unpaired) electrons. The third-order valence-corrected chi connectivity index (χ3v) is 15.2. The largest absolute Gasteiger partial charge is 0.340 e. The maximum atomic E-state index is 2.65. The first-order chi connectivity index (χ1) is 33.7. The molecule has 0 saturated heterocycles. The maximum Gasteiger partial charge on any atom is 0.0658 e. The number of benzene rings is 11. The molecule has 0 amide bonds. The second-order valence-electron chi connectivity index (χ2n) is 19.0. The van der Waals surface area contributed by atoms with Crippen molar-refractivity contribution in [2.24, 2.45) is 0 Å². The zero-order valence-electron chi connectivity index (χ0n) is 38.0. The zero-order valence-corrected chi connectivity index (χ0v) is 38.0. The van der Waals surface area contributed by atoms with E-state index in [1.165, 1.54) is 122 Å². The molecule has 0 N–H and O–H groups in total. The molecule has 0 spiro atoms. The molecule has 3 aliphatic rings. The third kappa shape index (κ3) is 6.26. The van der Waals surface area contributed by atoms with E-state index in [1.54, 1.807) is 0 Å². The molecular formula is C65H49N3. The van der Waals surface area contributed by atoms with Crippen LogP contribution in [-0.4, -0.2) is 13.1 Å². The van der Waals surface area contributed by atoms with Crippen LogP contribution in [0.25, 0.3) is 65.3 Å². The summed E-state index contributed by atoms with van der Waals surface area (Å²) in [5.74, 6) is 0. The van der Waals surface area contributed by atoms with Gasteiger partial charge in [-0.25, -0.2) is 0 Å². The number of anilines is 7. The van der Waals surface area contributed by atoms with Crippen LogP contribution in [0.15, 0.2) is 212 Å². The minimum atomic E-state index is 0.918. The van der Waals surface area contributed by atoms with E-state index in [0.29, 0.717) is 0 Å². The van der Waals surface area contributed by atoms with Crippen LogP contribution < -0.4 is 14.7 Å². The van der Waals surface area contributed by atoms with Crippen molar-refractivity contribution in [3.05, 3.63) is 235 Å².